The van der Waals surface area contributed by atoms with Gasteiger partial charge in [0, 0.05) is 5.92 Å². The van der Waals surface area contributed by atoms with Gasteiger partial charge in [0.05, 0.1) is 12.0 Å². The fourth-order valence-electron chi connectivity index (χ4n) is 3.42. The van der Waals surface area contributed by atoms with Crippen LogP contribution in [0.15, 0.2) is 0 Å². The standard InChI is InChI=1S/C14H23NO3/c16-12(17)10-14(8-4-5-9-14)15-13(18)11-6-2-1-3-7-11/h11H,1-10H2,(H,15,18)(H,16,17). The summed E-state index contributed by atoms with van der Waals surface area (Å²) in [6.45, 7) is 0. The maximum atomic E-state index is 12.2. The van der Waals surface area contributed by atoms with Crippen LogP contribution in [0, 0.1) is 5.92 Å². The number of carboxylic acids is 1. The molecule has 0 heterocycles. The van der Waals surface area contributed by atoms with Gasteiger partial charge in [0.1, 0.15) is 0 Å². The maximum absolute atomic E-state index is 12.2. The molecule has 0 saturated heterocycles. The van der Waals surface area contributed by atoms with E-state index >= 15 is 0 Å². The second kappa shape index (κ2) is 5.72. The number of nitrogens with one attached hydrogen (secondary N) is 1. The van der Waals surface area contributed by atoms with Crippen molar-refractivity contribution in [3.05, 3.63) is 0 Å². The van der Waals surface area contributed by atoms with Gasteiger partial charge in [-0.05, 0) is 25.7 Å². The number of carbonyl (C=O) groups excluding carboxylic acids is 1. The molecule has 0 spiro atoms. The zero-order chi connectivity index (χ0) is 13.0. The quantitative estimate of drug-likeness (QED) is 0.808. The average Bonchev–Trinajstić information content (AvgIpc) is 2.77. The minimum absolute atomic E-state index is 0.0749. The summed E-state index contributed by atoms with van der Waals surface area (Å²) in [6.07, 6.45) is 9.18. The number of carbonyl (C=O) groups is 2. The third-order valence-corrected chi connectivity index (χ3v) is 4.41. The van der Waals surface area contributed by atoms with Crippen LogP contribution in [0.1, 0.15) is 64.2 Å². The largest absolute Gasteiger partial charge is 0.481 e. The molecule has 0 aromatic rings. The Morgan fingerprint density at radius 3 is 2.22 bits per heavy atom. The lowest BCUT2D eigenvalue weighted by molar-refractivity contribution is -0.139. The maximum Gasteiger partial charge on any atom is 0.305 e. The monoisotopic (exact) mass is 253 g/mol. The van der Waals surface area contributed by atoms with Crippen LogP contribution in [0.2, 0.25) is 0 Å². The Labute approximate surface area is 108 Å². The third kappa shape index (κ3) is 3.24. The van der Waals surface area contributed by atoms with Crippen molar-refractivity contribution in [3.63, 3.8) is 0 Å². The van der Waals surface area contributed by atoms with Crippen LogP contribution in [0.3, 0.4) is 0 Å². The molecule has 0 radical (unpaired) electrons. The van der Waals surface area contributed by atoms with Crippen molar-refractivity contribution in [1.29, 1.82) is 0 Å². The number of hydrogen-bond donors (Lipinski definition) is 2. The normalized spacial score (nSPS) is 23.8. The van der Waals surface area contributed by atoms with Crippen LogP contribution in [-0.2, 0) is 9.59 Å². The highest BCUT2D eigenvalue weighted by atomic mass is 16.4. The van der Waals surface area contributed by atoms with Crippen molar-refractivity contribution < 1.29 is 14.7 Å². The molecule has 2 fully saturated rings. The molecule has 0 unspecified atom stereocenters. The Bertz CT molecular complexity index is 315. The number of aliphatic carboxylic acids is 1. The fraction of sp³-hybridized carbons (Fsp3) is 0.857. The Kier molecular flexibility index (Phi) is 4.25. The lowest BCUT2D eigenvalue weighted by Gasteiger charge is -2.32. The highest BCUT2D eigenvalue weighted by Crippen LogP contribution is 2.34. The first-order valence-electron chi connectivity index (χ1n) is 7.15. The molecule has 102 valence electrons. The van der Waals surface area contributed by atoms with Crippen LogP contribution in [0.4, 0.5) is 0 Å². The van der Waals surface area contributed by atoms with E-state index in [9.17, 15) is 9.59 Å². The van der Waals surface area contributed by atoms with Gasteiger partial charge in [-0.3, -0.25) is 9.59 Å². The molecule has 2 aliphatic rings. The lowest BCUT2D eigenvalue weighted by Crippen LogP contribution is -2.50. The molecule has 4 heteroatoms. The molecule has 0 atom stereocenters. The van der Waals surface area contributed by atoms with Crippen molar-refractivity contribution in [1.82, 2.24) is 5.32 Å². The molecule has 0 aromatic heterocycles. The predicted molar refractivity (Wildman–Crippen MR) is 68.2 cm³/mol. The van der Waals surface area contributed by atoms with E-state index < -0.39 is 11.5 Å². The van der Waals surface area contributed by atoms with Crippen LogP contribution in [-0.4, -0.2) is 22.5 Å². The third-order valence-electron chi connectivity index (χ3n) is 4.41. The van der Waals surface area contributed by atoms with E-state index in [1.54, 1.807) is 0 Å². The van der Waals surface area contributed by atoms with E-state index in [1.165, 1.54) is 6.42 Å². The van der Waals surface area contributed by atoms with Crippen molar-refractivity contribution in [2.24, 2.45) is 5.92 Å². The predicted octanol–water partition coefficient (Wildman–Crippen LogP) is 2.47. The Morgan fingerprint density at radius 2 is 1.67 bits per heavy atom. The van der Waals surface area contributed by atoms with Gasteiger partial charge < -0.3 is 10.4 Å². The summed E-state index contributed by atoms with van der Waals surface area (Å²) >= 11 is 0. The van der Waals surface area contributed by atoms with Gasteiger partial charge in [0.2, 0.25) is 5.91 Å². The second-order valence-electron chi connectivity index (χ2n) is 5.88. The van der Waals surface area contributed by atoms with Gasteiger partial charge in [-0.2, -0.15) is 0 Å². The SMILES string of the molecule is O=C(O)CC1(NC(=O)C2CCCCC2)CCCC1. The Morgan fingerprint density at radius 1 is 1.06 bits per heavy atom. The minimum atomic E-state index is -0.805. The molecule has 0 bridgehead atoms. The van der Waals surface area contributed by atoms with E-state index in [0.29, 0.717) is 0 Å². The summed E-state index contributed by atoms with van der Waals surface area (Å²) in [6, 6.07) is 0. The zero-order valence-electron chi connectivity index (χ0n) is 10.9. The van der Waals surface area contributed by atoms with Crippen molar-refractivity contribution in [3.8, 4) is 0 Å². The first kappa shape index (κ1) is 13.4. The van der Waals surface area contributed by atoms with Gasteiger partial charge >= 0.3 is 5.97 Å². The average molecular weight is 253 g/mol. The minimum Gasteiger partial charge on any atom is -0.481 e. The first-order valence-corrected chi connectivity index (χ1v) is 7.15. The summed E-state index contributed by atoms with van der Waals surface area (Å²) in [4.78, 5) is 23.2. The molecule has 2 saturated carbocycles. The van der Waals surface area contributed by atoms with Crippen LogP contribution in [0.5, 0.6) is 0 Å². The van der Waals surface area contributed by atoms with E-state index in [1.807, 2.05) is 0 Å². The molecule has 18 heavy (non-hydrogen) atoms. The topological polar surface area (TPSA) is 66.4 Å². The van der Waals surface area contributed by atoms with E-state index in [0.717, 1.165) is 51.4 Å². The molecule has 2 aliphatic carbocycles. The Hall–Kier alpha value is -1.06. The van der Waals surface area contributed by atoms with Gasteiger partial charge in [-0.1, -0.05) is 32.1 Å². The molecule has 2 N–H and O–H groups in total. The summed E-state index contributed by atoms with van der Waals surface area (Å²) in [5, 5.41) is 12.1. The Balaban J connectivity index is 1.95. The second-order valence-corrected chi connectivity index (χ2v) is 5.88. The lowest BCUT2D eigenvalue weighted by atomic mass is 9.86. The summed E-state index contributed by atoms with van der Waals surface area (Å²) in [5.74, 6) is -0.594. The van der Waals surface area contributed by atoms with E-state index in [4.69, 9.17) is 5.11 Å². The number of amides is 1. The highest BCUT2D eigenvalue weighted by Gasteiger charge is 2.38. The van der Waals surface area contributed by atoms with E-state index in [2.05, 4.69) is 5.32 Å². The number of rotatable bonds is 4. The fourth-order valence-corrected chi connectivity index (χ4v) is 3.42. The molecule has 0 aliphatic heterocycles. The molecule has 4 nitrogen and oxygen atoms in total. The summed E-state index contributed by atoms with van der Waals surface area (Å²) < 4.78 is 0. The summed E-state index contributed by atoms with van der Waals surface area (Å²) in [7, 11) is 0. The van der Waals surface area contributed by atoms with Gasteiger partial charge in [-0.15, -0.1) is 0 Å². The van der Waals surface area contributed by atoms with Gasteiger partial charge in [0.25, 0.3) is 0 Å². The number of carboxylic acid groups (broad SMARTS) is 1. The van der Waals surface area contributed by atoms with Crippen molar-refractivity contribution >= 4 is 11.9 Å². The van der Waals surface area contributed by atoms with Gasteiger partial charge in [-0.25, -0.2) is 0 Å². The summed E-state index contributed by atoms with van der Waals surface area (Å²) in [5.41, 5.74) is -0.458. The van der Waals surface area contributed by atoms with E-state index in [-0.39, 0.29) is 18.2 Å². The molecule has 0 aromatic carbocycles. The molecule has 2 rings (SSSR count). The van der Waals surface area contributed by atoms with Crippen LogP contribution >= 0.6 is 0 Å². The van der Waals surface area contributed by atoms with Gasteiger partial charge in [0.15, 0.2) is 0 Å². The first-order chi connectivity index (χ1) is 8.61. The number of hydrogen-bond acceptors (Lipinski definition) is 2. The highest BCUT2D eigenvalue weighted by molar-refractivity contribution is 5.80. The zero-order valence-corrected chi connectivity index (χ0v) is 10.9. The van der Waals surface area contributed by atoms with Crippen molar-refractivity contribution in [2.75, 3.05) is 0 Å². The smallest absolute Gasteiger partial charge is 0.305 e. The van der Waals surface area contributed by atoms with Crippen LogP contribution in [0.25, 0.3) is 0 Å². The molecule has 1 amide bonds. The molecular formula is C14H23NO3. The van der Waals surface area contributed by atoms with Crippen LogP contribution < -0.4 is 5.32 Å². The molecular weight excluding hydrogens is 230 g/mol. The van der Waals surface area contributed by atoms with Crippen molar-refractivity contribution in [2.45, 2.75) is 69.7 Å².